The maximum Gasteiger partial charge on any atom is 0.161 e. The maximum atomic E-state index is 12.4. The molecule has 0 unspecified atom stereocenters. The molecular weight excluding hydrogens is 320 g/mol. The van der Waals surface area contributed by atoms with Gasteiger partial charge in [-0.25, -0.2) is 0 Å². The summed E-state index contributed by atoms with van der Waals surface area (Å²) in [5.74, 6) is 1.74. The summed E-state index contributed by atoms with van der Waals surface area (Å²) in [6, 6.07) is 16.1. The van der Waals surface area contributed by atoms with Gasteiger partial charge in [-0.05, 0) is 35.2 Å². The third-order valence-electron chi connectivity index (χ3n) is 4.06. The average Bonchev–Trinajstić information content (AvgIpc) is 2.83. The van der Waals surface area contributed by atoms with Crippen molar-refractivity contribution in [3.63, 3.8) is 0 Å². The minimum Gasteiger partial charge on any atom is -0.490 e. The van der Waals surface area contributed by atoms with E-state index in [1.807, 2.05) is 30.3 Å². The largest absolute Gasteiger partial charge is 0.490 e. The number of benzene rings is 2. The van der Waals surface area contributed by atoms with Gasteiger partial charge in [0.2, 0.25) is 0 Å². The van der Waals surface area contributed by atoms with E-state index in [-0.39, 0.29) is 5.78 Å². The van der Waals surface area contributed by atoms with Crippen molar-refractivity contribution in [2.75, 3.05) is 13.2 Å². The Hall–Kier alpha value is -2.33. The van der Waals surface area contributed by atoms with Gasteiger partial charge in [0.15, 0.2) is 11.5 Å². The highest BCUT2D eigenvalue weighted by atomic mass is 32.1. The molecule has 0 aliphatic carbocycles. The van der Waals surface area contributed by atoms with Crippen molar-refractivity contribution in [2.45, 2.75) is 19.3 Å². The minimum atomic E-state index is 0.219. The molecule has 0 fully saturated rings. The highest BCUT2D eigenvalue weighted by Crippen LogP contribution is 2.31. The van der Waals surface area contributed by atoms with Crippen LogP contribution in [-0.4, -0.2) is 19.0 Å². The molecule has 2 aromatic carbocycles. The van der Waals surface area contributed by atoms with E-state index in [4.69, 9.17) is 9.47 Å². The monoisotopic (exact) mass is 338 g/mol. The van der Waals surface area contributed by atoms with E-state index in [2.05, 4.69) is 18.2 Å². The van der Waals surface area contributed by atoms with E-state index in [1.54, 1.807) is 11.3 Å². The highest BCUT2D eigenvalue weighted by molar-refractivity contribution is 7.19. The molecular formula is C20H18O3S. The van der Waals surface area contributed by atoms with E-state index in [9.17, 15) is 4.79 Å². The summed E-state index contributed by atoms with van der Waals surface area (Å²) >= 11 is 1.70. The summed E-state index contributed by atoms with van der Waals surface area (Å²) in [6.07, 6.45) is 1.79. The normalized spacial score (nSPS) is 13.7. The third kappa shape index (κ3) is 3.29. The zero-order valence-electron chi connectivity index (χ0n) is 13.3. The summed E-state index contributed by atoms with van der Waals surface area (Å²) in [5.41, 5.74) is 0.977. The first-order chi connectivity index (χ1) is 11.8. The Morgan fingerprint density at radius 1 is 0.958 bits per heavy atom. The molecule has 0 bridgehead atoms. The number of hydrogen-bond donors (Lipinski definition) is 0. The number of hydrogen-bond acceptors (Lipinski definition) is 4. The Morgan fingerprint density at radius 2 is 1.79 bits per heavy atom. The summed E-state index contributed by atoms with van der Waals surface area (Å²) < 4.78 is 12.6. The predicted octanol–water partition coefficient (Wildman–Crippen LogP) is 4.42. The van der Waals surface area contributed by atoms with Gasteiger partial charge in [0.1, 0.15) is 5.78 Å². The molecule has 0 saturated heterocycles. The van der Waals surface area contributed by atoms with Crippen molar-refractivity contribution in [3.8, 4) is 11.5 Å². The van der Waals surface area contributed by atoms with Crippen molar-refractivity contribution in [1.29, 1.82) is 0 Å². The van der Waals surface area contributed by atoms with Crippen LogP contribution < -0.4 is 9.47 Å². The Morgan fingerprint density at radius 3 is 2.67 bits per heavy atom. The van der Waals surface area contributed by atoms with Gasteiger partial charge < -0.3 is 9.47 Å². The smallest absolute Gasteiger partial charge is 0.161 e. The fraction of sp³-hybridized carbons (Fsp3) is 0.250. The summed E-state index contributed by atoms with van der Waals surface area (Å²) in [5, 5.41) is 1.21. The van der Waals surface area contributed by atoms with Crippen LogP contribution in [0.25, 0.3) is 10.1 Å². The average molecular weight is 338 g/mol. The summed E-state index contributed by atoms with van der Waals surface area (Å²) in [7, 11) is 0. The number of Topliss-reactive ketones (excluding diaryl/α,β-unsaturated/α-hetero) is 1. The Labute approximate surface area is 144 Å². The van der Waals surface area contributed by atoms with E-state index in [1.165, 1.54) is 10.1 Å². The lowest BCUT2D eigenvalue weighted by Crippen LogP contribution is -2.05. The van der Waals surface area contributed by atoms with Gasteiger partial charge in [0.05, 0.1) is 13.2 Å². The molecule has 3 aromatic rings. The Kier molecular flexibility index (Phi) is 4.22. The maximum absolute atomic E-state index is 12.4. The van der Waals surface area contributed by atoms with Crippen molar-refractivity contribution in [3.05, 3.63) is 59.0 Å². The molecule has 0 N–H and O–H groups in total. The SMILES string of the molecule is O=C(Cc1ccc2c(c1)OCCCO2)Cc1cc2ccccc2s1. The van der Waals surface area contributed by atoms with Crippen LogP contribution in [0.2, 0.25) is 0 Å². The van der Waals surface area contributed by atoms with Crippen LogP contribution in [0.1, 0.15) is 16.9 Å². The second-order valence-electron chi connectivity index (χ2n) is 5.97. The lowest BCUT2D eigenvalue weighted by atomic mass is 10.1. The fourth-order valence-electron chi connectivity index (χ4n) is 2.93. The summed E-state index contributed by atoms with van der Waals surface area (Å²) in [4.78, 5) is 13.6. The number of fused-ring (bicyclic) bond motifs is 2. The number of carbonyl (C=O) groups is 1. The second kappa shape index (κ2) is 6.65. The summed E-state index contributed by atoms with van der Waals surface area (Å²) in [6.45, 7) is 1.34. The number of rotatable bonds is 4. The van der Waals surface area contributed by atoms with Crippen LogP contribution in [-0.2, 0) is 17.6 Å². The molecule has 3 nitrogen and oxygen atoms in total. The fourth-order valence-corrected chi connectivity index (χ4v) is 4.02. The number of thiophene rings is 1. The second-order valence-corrected chi connectivity index (χ2v) is 7.14. The van der Waals surface area contributed by atoms with Gasteiger partial charge in [-0.1, -0.05) is 24.3 Å². The molecule has 0 saturated carbocycles. The lowest BCUT2D eigenvalue weighted by Gasteiger charge is -2.09. The van der Waals surface area contributed by atoms with E-state index in [0.717, 1.165) is 28.4 Å². The van der Waals surface area contributed by atoms with Gasteiger partial charge in [0, 0.05) is 28.8 Å². The van der Waals surface area contributed by atoms with Gasteiger partial charge in [-0.2, -0.15) is 0 Å². The Bertz CT molecular complexity index is 848. The molecule has 0 spiro atoms. The first kappa shape index (κ1) is 15.2. The number of carbonyl (C=O) groups excluding carboxylic acids is 1. The van der Waals surface area contributed by atoms with E-state index < -0.39 is 0 Å². The first-order valence-corrected chi connectivity index (χ1v) is 8.97. The molecule has 0 radical (unpaired) electrons. The zero-order chi connectivity index (χ0) is 16.4. The van der Waals surface area contributed by atoms with Crippen molar-refractivity contribution >= 4 is 27.2 Å². The molecule has 122 valence electrons. The topological polar surface area (TPSA) is 35.5 Å². The number of ether oxygens (including phenoxy) is 2. The molecule has 24 heavy (non-hydrogen) atoms. The Balaban J connectivity index is 1.46. The quantitative estimate of drug-likeness (QED) is 0.706. The first-order valence-electron chi connectivity index (χ1n) is 8.15. The van der Waals surface area contributed by atoms with E-state index >= 15 is 0 Å². The molecule has 0 amide bonds. The van der Waals surface area contributed by atoms with Crippen molar-refractivity contribution < 1.29 is 14.3 Å². The molecule has 2 heterocycles. The van der Waals surface area contributed by atoms with Crippen molar-refractivity contribution in [2.24, 2.45) is 0 Å². The highest BCUT2D eigenvalue weighted by Gasteiger charge is 2.13. The minimum absolute atomic E-state index is 0.219. The van der Waals surface area contributed by atoms with Crippen LogP contribution in [0.3, 0.4) is 0 Å². The van der Waals surface area contributed by atoms with E-state index in [0.29, 0.717) is 26.1 Å². The van der Waals surface area contributed by atoms with Crippen LogP contribution in [0, 0.1) is 0 Å². The molecule has 1 aromatic heterocycles. The molecule has 1 aliphatic heterocycles. The van der Waals surface area contributed by atoms with Gasteiger partial charge in [-0.3, -0.25) is 4.79 Å². The molecule has 1 aliphatic rings. The van der Waals surface area contributed by atoms with Crippen LogP contribution in [0.15, 0.2) is 48.5 Å². The van der Waals surface area contributed by atoms with Crippen LogP contribution in [0.5, 0.6) is 11.5 Å². The van der Waals surface area contributed by atoms with Gasteiger partial charge in [-0.15, -0.1) is 11.3 Å². The number of ketones is 1. The van der Waals surface area contributed by atoms with Gasteiger partial charge >= 0.3 is 0 Å². The van der Waals surface area contributed by atoms with Crippen LogP contribution in [0.4, 0.5) is 0 Å². The predicted molar refractivity (Wildman–Crippen MR) is 96.3 cm³/mol. The zero-order valence-corrected chi connectivity index (χ0v) is 14.1. The lowest BCUT2D eigenvalue weighted by molar-refractivity contribution is -0.117. The third-order valence-corrected chi connectivity index (χ3v) is 5.18. The molecule has 0 atom stereocenters. The van der Waals surface area contributed by atoms with Gasteiger partial charge in [0.25, 0.3) is 0 Å². The van der Waals surface area contributed by atoms with Crippen LogP contribution >= 0.6 is 11.3 Å². The molecule has 4 heteroatoms. The molecule has 4 rings (SSSR count). The standard InChI is InChI=1S/C20H18O3S/c21-16(13-17-12-15-4-1-2-5-20(15)24-17)10-14-6-7-18-19(11-14)23-9-3-8-22-18/h1-2,4-7,11-12H,3,8-10,13H2. The van der Waals surface area contributed by atoms with Crippen molar-refractivity contribution in [1.82, 2.24) is 0 Å².